The minimum atomic E-state index is -4.93. The maximum atomic E-state index is 13.1. The molecule has 13 nitrogen and oxygen atoms in total. The number of para-hydroxylation sites is 1. The van der Waals surface area contributed by atoms with Gasteiger partial charge in [-0.2, -0.15) is 4.31 Å². The standard InChI is InChI=1S/C18H15F3N6O5S.C10H14N2/c19-18(20,21)32-11-1-3-12(4-2-11)33(30,31)27-6-5-26(9-14(27)17(28)29)15-8-23-13-7-22-10-24-16(13)25-15;11-6-9-7-12(8-9)10-4-2-1-3-5-10/h1-4,7-8,10,14H,5-6,9H2,(H,28,29);1-5,9H,6-8,11H2/t14-;/m1./s1. The topological polar surface area (TPSA) is 168 Å². The fourth-order valence-electron chi connectivity index (χ4n) is 4.89. The van der Waals surface area contributed by atoms with E-state index in [9.17, 15) is 31.5 Å². The Balaban J connectivity index is 0.000000277. The van der Waals surface area contributed by atoms with Crippen molar-refractivity contribution >= 4 is 38.7 Å². The fourth-order valence-corrected chi connectivity index (χ4v) is 6.46. The molecule has 0 aliphatic carbocycles. The number of ether oxygens (including phenoxy) is 1. The Bertz CT molecular complexity index is 1730. The SMILES string of the molecule is NCC1CN(c2ccccc2)C1.O=C(O)[C@H]1CN(c2cnc3cncnc3n2)CCN1S(=O)(=O)c1ccc(OC(F)(F)F)cc1. The summed E-state index contributed by atoms with van der Waals surface area (Å²) in [6.07, 6.45) is -0.762. The number of hydrogen-bond acceptors (Lipinski definition) is 11. The zero-order valence-electron chi connectivity index (χ0n) is 23.7. The zero-order valence-corrected chi connectivity index (χ0v) is 24.5. The van der Waals surface area contributed by atoms with Crippen LogP contribution in [0.5, 0.6) is 5.75 Å². The number of carboxylic acid groups (broad SMARTS) is 1. The number of halogens is 3. The number of aliphatic carboxylic acids is 1. The van der Waals surface area contributed by atoms with E-state index < -0.39 is 34.1 Å². The third-order valence-electron chi connectivity index (χ3n) is 7.23. The van der Waals surface area contributed by atoms with E-state index in [0.717, 1.165) is 48.2 Å². The van der Waals surface area contributed by atoms with Crippen LogP contribution in [0.1, 0.15) is 0 Å². The lowest BCUT2D eigenvalue weighted by atomic mass is 10.00. The van der Waals surface area contributed by atoms with Gasteiger partial charge in [0.15, 0.2) is 5.65 Å². The van der Waals surface area contributed by atoms with Gasteiger partial charge in [-0.1, -0.05) is 18.2 Å². The van der Waals surface area contributed by atoms with Crippen LogP contribution in [0.2, 0.25) is 0 Å². The summed E-state index contributed by atoms with van der Waals surface area (Å²) < 4.78 is 67.6. The van der Waals surface area contributed by atoms with Gasteiger partial charge in [0.2, 0.25) is 10.0 Å². The highest BCUT2D eigenvalue weighted by molar-refractivity contribution is 7.89. The fraction of sp³-hybridized carbons (Fsp3) is 0.321. The number of carbonyl (C=O) groups is 1. The summed E-state index contributed by atoms with van der Waals surface area (Å²) >= 11 is 0. The van der Waals surface area contributed by atoms with Crippen molar-refractivity contribution in [3.8, 4) is 5.75 Å². The third kappa shape index (κ3) is 7.55. The quantitative estimate of drug-likeness (QED) is 0.301. The van der Waals surface area contributed by atoms with Gasteiger partial charge >= 0.3 is 12.3 Å². The lowest BCUT2D eigenvalue weighted by Gasteiger charge is -2.40. The van der Waals surface area contributed by atoms with Gasteiger partial charge in [-0.05, 0) is 42.9 Å². The molecule has 4 heterocycles. The van der Waals surface area contributed by atoms with Crippen LogP contribution < -0.4 is 20.3 Å². The lowest BCUT2D eigenvalue weighted by Crippen LogP contribution is -2.58. The molecule has 2 aliphatic heterocycles. The molecule has 2 aromatic heterocycles. The van der Waals surface area contributed by atoms with Crippen molar-refractivity contribution in [1.82, 2.24) is 24.2 Å². The Morgan fingerprint density at radius 1 is 0.978 bits per heavy atom. The van der Waals surface area contributed by atoms with Gasteiger partial charge < -0.3 is 25.4 Å². The Hall–Kier alpha value is -4.61. The number of piperazine rings is 1. The molecular formula is C28H29F3N8O5S. The maximum Gasteiger partial charge on any atom is 0.573 e. The number of rotatable bonds is 7. The van der Waals surface area contributed by atoms with Crippen LogP contribution in [0.15, 0.2) is 78.2 Å². The van der Waals surface area contributed by atoms with Crippen LogP contribution in [0.25, 0.3) is 11.2 Å². The zero-order chi connectivity index (χ0) is 32.2. The molecule has 0 bridgehead atoms. The second-order valence-corrected chi connectivity index (χ2v) is 12.1. The predicted octanol–water partition coefficient (Wildman–Crippen LogP) is 2.36. The molecular weight excluding hydrogens is 617 g/mol. The molecule has 2 aromatic carbocycles. The average molecular weight is 647 g/mol. The third-order valence-corrected chi connectivity index (χ3v) is 9.15. The van der Waals surface area contributed by atoms with Gasteiger partial charge in [-0.25, -0.2) is 28.4 Å². The summed E-state index contributed by atoms with van der Waals surface area (Å²) in [7, 11) is -4.32. The summed E-state index contributed by atoms with van der Waals surface area (Å²) in [4.78, 5) is 31.8. The molecule has 2 fully saturated rings. The normalized spacial score (nSPS) is 17.7. The highest BCUT2D eigenvalue weighted by atomic mass is 32.2. The Labute approximate surface area is 256 Å². The highest BCUT2D eigenvalue weighted by Crippen LogP contribution is 2.28. The number of fused-ring (bicyclic) bond motifs is 1. The number of alkyl halides is 3. The maximum absolute atomic E-state index is 13.1. The predicted molar refractivity (Wildman–Crippen MR) is 157 cm³/mol. The number of nitrogens with zero attached hydrogens (tertiary/aromatic N) is 7. The first kappa shape index (κ1) is 31.8. The van der Waals surface area contributed by atoms with E-state index in [2.05, 4.69) is 53.8 Å². The summed E-state index contributed by atoms with van der Waals surface area (Å²) in [5, 5.41) is 9.69. The Kier molecular flexibility index (Phi) is 9.31. The number of nitrogens with two attached hydrogens (primary N) is 1. The molecule has 0 unspecified atom stereocenters. The highest BCUT2D eigenvalue weighted by Gasteiger charge is 2.41. The van der Waals surface area contributed by atoms with Crippen molar-refractivity contribution in [3.63, 3.8) is 0 Å². The monoisotopic (exact) mass is 646 g/mol. The van der Waals surface area contributed by atoms with E-state index in [-0.39, 0.29) is 24.5 Å². The molecule has 2 aliphatic rings. The van der Waals surface area contributed by atoms with Gasteiger partial charge in [-0.15, -0.1) is 13.2 Å². The minimum Gasteiger partial charge on any atom is -0.480 e. The number of aromatic nitrogens is 4. The minimum absolute atomic E-state index is 0.101. The number of anilines is 2. The first-order chi connectivity index (χ1) is 21.4. The Morgan fingerprint density at radius 3 is 2.33 bits per heavy atom. The summed E-state index contributed by atoms with van der Waals surface area (Å²) in [5.41, 5.74) is 7.61. The molecule has 0 radical (unpaired) electrons. The van der Waals surface area contributed by atoms with Crippen LogP contribution >= 0.6 is 0 Å². The van der Waals surface area contributed by atoms with Gasteiger partial charge in [0.1, 0.15) is 29.5 Å². The van der Waals surface area contributed by atoms with E-state index in [1.165, 1.54) is 24.4 Å². The molecule has 1 atom stereocenters. The molecule has 4 aromatic rings. The van der Waals surface area contributed by atoms with Crippen LogP contribution in [0.4, 0.5) is 24.7 Å². The largest absolute Gasteiger partial charge is 0.573 e. The number of carboxylic acids is 1. The smallest absolute Gasteiger partial charge is 0.480 e. The van der Waals surface area contributed by atoms with E-state index in [4.69, 9.17) is 5.73 Å². The van der Waals surface area contributed by atoms with Crippen LogP contribution in [-0.2, 0) is 14.8 Å². The van der Waals surface area contributed by atoms with Crippen molar-refractivity contribution < 1.29 is 36.2 Å². The summed E-state index contributed by atoms with van der Waals surface area (Å²) in [5.74, 6) is -0.959. The molecule has 0 amide bonds. The van der Waals surface area contributed by atoms with Gasteiger partial charge in [0.25, 0.3) is 0 Å². The van der Waals surface area contributed by atoms with E-state index >= 15 is 0 Å². The molecule has 0 spiro atoms. The Morgan fingerprint density at radius 2 is 1.69 bits per heavy atom. The van der Waals surface area contributed by atoms with Crippen LogP contribution in [0.3, 0.4) is 0 Å². The average Bonchev–Trinajstić information content (AvgIpc) is 3.00. The van der Waals surface area contributed by atoms with Crippen molar-refractivity contribution in [3.05, 3.63) is 73.3 Å². The molecule has 2 saturated heterocycles. The molecule has 6 rings (SSSR count). The van der Waals surface area contributed by atoms with Gasteiger partial charge in [0.05, 0.1) is 17.3 Å². The van der Waals surface area contributed by atoms with Crippen LogP contribution in [0, 0.1) is 5.92 Å². The van der Waals surface area contributed by atoms with E-state index in [1.54, 1.807) is 4.90 Å². The second-order valence-electron chi connectivity index (χ2n) is 10.2. The van der Waals surface area contributed by atoms with Crippen molar-refractivity contribution in [2.24, 2.45) is 11.7 Å². The number of hydrogen-bond donors (Lipinski definition) is 2. The lowest BCUT2D eigenvalue weighted by molar-refractivity contribution is -0.274. The first-order valence-corrected chi connectivity index (χ1v) is 15.2. The number of sulfonamides is 1. The van der Waals surface area contributed by atoms with E-state index in [0.29, 0.717) is 22.9 Å². The van der Waals surface area contributed by atoms with Gasteiger partial charge in [-0.3, -0.25) is 4.79 Å². The molecule has 17 heteroatoms. The second kappa shape index (κ2) is 13.2. The number of benzene rings is 2. The summed E-state index contributed by atoms with van der Waals surface area (Å²) in [6, 6.07) is 12.6. The van der Waals surface area contributed by atoms with Crippen LogP contribution in [-0.4, -0.2) is 95.4 Å². The first-order valence-electron chi connectivity index (χ1n) is 13.7. The molecule has 0 saturated carbocycles. The molecule has 3 N–H and O–H groups in total. The van der Waals surface area contributed by atoms with Crippen molar-refractivity contribution in [2.75, 3.05) is 49.1 Å². The molecule has 45 heavy (non-hydrogen) atoms. The van der Waals surface area contributed by atoms with Crippen molar-refractivity contribution in [1.29, 1.82) is 0 Å². The van der Waals surface area contributed by atoms with Gasteiger partial charge in [0, 0.05) is 44.3 Å². The molecule has 238 valence electrons. The summed E-state index contributed by atoms with van der Waals surface area (Å²) in [6.45, 7) is 2.74. The van der Waals surface area contributed by atoms with Crippen molar-refractivity contribution in [2.45, 2.75) is 17.3 Å². The van der Waals surface area contributed by atoms with E-state index in [1.807, 2.05) is 6.07 Å².